The first kappa shape index (κ1) is 19.5. The number of benzene rings is 1. The summed E-state index contributed by atoms with van der Waals surface area (Å²) in [7, 11) is 0. The van der Waals surface area contributed by atoms with Crippen LogP contribution in [0.5, 0.6) is 0 Å². The zero-order chi connectivity index (χ0) is 20.4. The molecule has 3 rings (SSSR count). The fourth-order valence-electron chi connectivity index (χ4n) is 3.17. The predicted octanol–water partition coefficient (Wildman–Crippen LogP) is 2.82. The summed E-state index contributed by atoms with van der Waals surface area (Å²) in [5.41, 5.74) is -0.759. The van der Waals surface area contributed by atoms with Crippen LogP contribution in [-0.2, 0) is 0 Å². The largest absolute Gasteiger partial charge is 0.478 e. The highest BCUT2D eigenvalue weighted by Crippen LogP contribution is 2.28. The third-order valence-corrected chi connectivity index (χ3v) is 4.65. The van der Waals surface area contributed by atoms with Crippen molar-refractivity contribution < 1.29 is 24.1 Å². The van der Waals surface area contributed by atoms with Crippen molar-refractivity contribution in [2.45, 2.75) is 38.5 Å². The van der Waals surface area contributed by atoms with E-state index < -0.39 is 22.5 Å². The molecule has 1 fully saturated rings. The molecule has 1 aliphatic rings. The standard InChI is InChI=1S/C18H20N4O6/c1-10(2)16-19-15(20-28-16)11-4-3-5-21(9-11)17(23)12-6-13(18(24)25)8-14(7-12)22(26)27/h6-8,10-11H,3-5,9H2,1-2H3,(H,24,25). The zero-order valence-corrected chi connectivity index (χ0v) is 15.5. The molecule has 0 radical (unpaired) electrons. The van der Waals surface area contributed by atoms with Gasteiger partial charge in [0, 0.05) is 42.6 Å². The van der Waals surface area contributed by atoms with Crippen molar-refractivity contribution in [3.63, 3.8) is 0 Å². The van der Waals surface area contributed by atoms with E-state index in [1.54, 1.807) is 4.90 Å². The van der Waals surface area contributed by atoms with E-state index in [9.17, 15) is 24.8 Å². The van der Waals surface area contributed by atoms with Crippen molar-refractivity contribution in [2.24, 2.45) is 0 Å². The maximum atomic E-state index is 12.9. The van der Waals surface area contributed by atoms with Crippen LogP contribution in [-0.4, -0.2) is 50.0 Å². The van der Waals surface area contributed by atoms with Gasteiger partial charge in [-0.25, -0.2) is 4.79 Å². The Balaban J connectivity index is 1.83. The first-order chi connectivity index (χ1) is 13.3. The number of nitro benzene ring substituents is 1. The molecule has 1 unspecified atom stereocenters. The van der Waals surface area contributed by atoms with Crippen molar-refractivity contribution in [3.05, 3.63) is 51.2 Å². The highest BCUT2D eigenvalue weighted by atomic mass is 16.6. The summed E-state index contributed by atoms with van der Waals surface area (Å²) >= 11 is 0. The van der Waals surface area contributed by atoms with Crippen LogP contribution in [0.25, 0.3) is 0 Å². The van der Waals surface area contributed by atoms with E-state index in [1.807, 2.05) is 13.8 Å². The molecule has 28 heavy (non-hydrogen) atoms. The second-order valence-corrected chi connectivity index (χ2v) is 7.07. The van der Waals surface area contributed by atoms with Crippen LogP contribution in [0.15, 0.2) is 22.7 Å². The van der Waals surface area contributed by atoms with Crippen molar-refractivity contribution >= 4 is 17.6 Å². The van der Waals surface area contributed by atoms with Crippen LogP contribution < -0.4 is 0 Å². The number of rotatable bonds is 5. The highest BCUT2D eigenvalue weighted by Gasteiger charge is 2.30. The minimum atomic E-state index is -1.33. The van der Waals surface area contributed by atoms with Crippen molar-refractivity contribution in [2.75, 3.05) is 13.1 Å². The van der Waals surface area contributed by atoms with Gasteiger partial charge in [-0.05, 0) is 18.9 Å². The van der Waals surface area contributed by atoms with Crippen LogP contribution in [0.3, 0.4) is 0 Å². The van der Waals surface area contributed by atoms with Gasteiger partial charge < -0.3 is 14.5 Å². The molecule has 0 bridgehead atoms. The van der Waals surface area contributed by atoms with Crippen LogP contribution in [0.4, 0.5) is 5.69 Å². The number of carbonyl (C=O) groups excluding carboxylic acids is 1. The third kappa shape index (κ3) is 4.00. The zero-order valence-electron chi connectivity index (χ0n) is 15.5. The Morgan fingerprint density at radius 3 is 2.64 bits per heavy atom. The summed E-state index contributed by atoms with van der Waals surface area (Å²) < 4.78 is 5.24. The van der Waals surface area contributed by atoms with Gasteiger partial charge in [-0.2, -0.15) is 4.98 Å². The van der Waals surface area contributed by atoms with Gasteiger partial charge in [0.2, 0.25) is 5.89 Å². The van der Waals surface area contributed by atoms with Crippen LogP contribution in [0, 0.1) is 10.1 Å². The Hall–Kier alpha value is -3.30. The van der Waals surface area contributed by atoms with E-state index >= 15 is 0 Å². The molecule has 1 aromatic carbocycles. The van der Waals surface area contributed by atoms with Gasteiger partial charge in [-0.1, -0.05) is 19.0 Å². The summed E-state index contributed by atoms with van der Waals surface area (Å²) in [6.07, 6.45) is 1.50. The molecule has 0 spiro atoms. The lowest BCUT2D eigenvalue weighted by atomic mass is 9.96. The lowest BCUT2D eigenvalue weighted by Gasteiger charge is -2.31. The van der Waals surface area contributed by atoms with Crippen molar-refractivity contribution in [1.82, 2.24) is 15.0 Å². The molecule has 1 N–H and O–H groups in total. The van der Waals surface area contributed by atoms with E-state index in [2.05, 4.69) is 10.1 Å². The molecule has 1 aliphatic heterocycles. The first-order valence-corrected chi connectivity index (χ1v) is 8.91. The van der Waals surface area contributed by atoms with Gasteiger partial charge in [0.05, 0.1) is 10.5 Å². The van der Waals surface area contributed by atoms with E-state index in [1.165, 1.54) is 0 Å². The fourth-order valence-corrected chi connectivity index (χ4v) is 3.17. The smallest absolute Gasteiger partial charge is 0.335 e. The summed E-state index contributed by atoms with van der Waals surface area (Å²) in [6.45, 7) is 4.68. The number of carboxylic acid groups (broad SMARTS) is 1. The summed E-state index contributed by atoms with van der Waals surface area (Å²) in [6, 6.07) is 3.20. The Kier molecular flexibility index (Phi) is 5.39. The number of likely N-dealkylation sites (tertiary alicyclic amines) is 1. The van der Waals surface area contributed by atoms with Crippen LogP contribution in [0.2, 0.25) is 0 Å². The average molecular weight is 388 g/mol. The molecule has 10 nitrogen and oxygen atoms in total. The van der Waals surface area contributed by atoms with Gasteiger partial charge in [0.1, 0.15) is 0 Å². The van der Waals surface area contributed by atoms with Gasteiger partial charge >= 0.3 is 5.97 Å². The van der Waals surface area contributed by atoms with Crippen molar-refractivity contribution in [3.8, 4) is 0 Å². The Morgan fingerprint density at radius 1 is 1.32 bits per heavy atom. The van der Waals surface area contributed by atoms with E-state index in [4.69, 9.17) is 4.52 Å². The minimum absolute atomic E-state index is 0.0248. The SMILES string of the molecule is CC(C)c1nc(C2CCCN(C(=O)c3cc(C(=O)O)cc([N+](=O)[O-])c3)C2)no1. The maximum Gasteiger partial charge on any atom is 0.335 e. The van der Waals surface area contributed by atoms with Gasteiger partial charge in [-0.3, -0.25) is 14.9 Å². The number of amides is 1. The second kappa shape index (κ2) is 7.75. The summed E-state index contributed by atoms with van der Waals surface area (Å²) in [4.78, 5) is 40.4. The number of aromatic nitrogens is 2. The number of carboxylic acids is 1. The van der Waals surface area contributed by atoms with Crippen molar-refractivity contribution in [1.29, 1.82) is 0 Å². The van der Waals surface area contributed by atoms with Gasteiger partial charge in [-0.15, -0.1) is 0 Å². The fraction of sp³-hybridized carbons (Fsp3) is 0.444. The molecule has 1 saturated heterocycles. The number of aromatic carboxylic acids is 1. The third-order valence-electron chi connectivity index (χ3n) is 4.65. The number of hydrogen-bond donors (Lipinski definition) is 1. The number of piperidine rings is 1. The monoisotopic (exact) mass is 388 g/mol. The predicted molar refractivity (Wildman–Crippen MR) is 96.3 cm³/mol. The molecule has 1 amide bonds. The molecule has 1 aromatic heterocycles. The number of nitrogens with zero attached hydrogens (tertiary/aromatic N) is 4. The molecule has 0 aliphatic carbocycles. The molecule has 1 atom stereocenters. The first-order valence-electron chi connectivity index (χ1n) is 8.91. The van der Waals surface area contributed by atoms with Crippen LogP contribution in [0.1, 0.15) is 71.0 Å². The average Bonchev–Trinajstić information content (AvgIpc) is 3.17. The molecule has 2 heterocycles. The van der Waals surface area contributed by atoms with Gasteiger partial charge in [0.25, 0.3) is 11.6 Å². The molecule has 148 valence electrons. The van der Waals surface area contributed by atoms with E-state index in [0.717, 1.165) is 24.6 Å². The maximum absolute atomic E-state index is 12.9. The number of non-ortho nitro benzene ring substituents is 1. The Labute approximate surface area is 160 Å². The minimum Gasteiger partial charge on any atom is -0.478 e. The second-order valence-electron chi connectivity index (χ2n) is 7.07. The normalized spacial score (nSPS) is 17.0. The Bertz CT molecular complexity index is 890. The van der Waals surface area contributed by atoms with Crippen LogP contribution >= 0.6 is 0 Å². The van der Waals surface area contributed by atoms with E-state index in [0.29, 0.717) is 31.2 Å². The summed E-state index contributed by atoms with van der Waals surface area (Å²) in [5.74, 6) is -0.728. The molecule has 10 heteroatoms. The quantitative estimate of drug-likeness (QED) is 0.609. The number of nitro groups is 1. The highest BCUT2D eigenvalue weighted by molar-refractivity contribution is 5.98. The lowest BCUT2D eigenvalue weighted by Crippen LogP contribution is -2.39. The molecular weight excluding hydrogens is 368 g/mol. The van der Waals surface area contributed by atoms with Gasteiger partial charge in [0.15, 0.2) is 5.82 Å². The lowest BCUT2D eigenvalue weighted by molar-refractivity contribution is -0.384. The molecular formula is C18H20N4O6. The molecule has 2 aromatic rings. The summed E-state index contributed by atoms with van der Waals surface area (Å²) in [5, 5.41) is 24.3. The number of carbonyl (C=O) groups is 2. The Morgan fingerprint density at radius 2 is 2.04 bits per heavy atom. The van der Waals surface area contributed by atoms with E-state index in [-0.39, 0.29) is 23.0 Å². The number of hydrogen-bond acceptors (Lipinski definition) is 7. The topological polar surface area (TPSA) is 140 Å². The molecule has 0 saturated carbocycles.